The molecule has 0 aliphatic heterocycles. The molecule has 0 bridgehead atoms. The number of aryl methyl sites for hydroxylation is 1. The van der Waals surface area contributed by atoms with Crippen LogP contribution in [0.4, 0.5) is 5.82 Å². The van der Waals surface area contributed by atoms with Gasteiger partial charge in [0.15, 0.2) is 0 Å². The van der Waals surface area contributed by atoms with E-state index in [-0.39, 0.29) is 0 Å². The van der Waals surface area contributed by atoms with Crippen molar-refractivity contribution in [2.24, 2.45) is 0 Å². The summed E-state index contributed by atoms with van der Waals surface area (Å²) < 4.78 is 1.60. The first kappa shape index (κ1) is 7.79. The summed E-state index contributed by atoms with van der Waals surface area (Å²) in [7, 11) is 0. The van der Waals surface area contributed by atoms with Crippen LogP contribution in [0.1, 0.15) is 5.56 Å². The Balaban J connectivity index is 2.53. The first-order valence-electron chi connectivity index (χ1n) is 4.00. The Bertz CT molecular complexity index is 419. The van der Waals surface area contributed by atoms with E-state index < -0.39 is 0 Å². The molecule has 0 aliphatic rings. The molecule has 4 heteroatoms. The number of rotatable bonds is 1. The molecule has 0 fully saturated rings. The Hall–Kier alpha value is -1.84. The van der Waals surface area contributed by atoms with E-state index in [2.05, 4.69) is 10.3 Å². The summed E-state index contributed by atoms with van der Waals surface area (Å²) in [5.74, 6) is 0.547. The van der Waals surface area contributed by atoms with E-state index in [1.165, 1.54) is 11.8 Å². The fourth-order valence-electron chi connectivity index (χ4n) is 1.20. The van der Waals surface area contributed by atoms with Crippen molar-refractivity contribution in [1.82, 2.24) is 15.0 Å². The second-order valence-corrected chi connectivity index (χ2v) is 2.91. The van der Waals surface area contributed by atoms with Crippen molar-refractivity contribution in [1.29, 1.82) is 0 Å². The molecular weight excluding hydrogens is 164 g/mol. The van der Waals surface area contributed by atoms with Gasteiger partial charge in [0.2, 0.25) is 0 Å². The summed E-state index contributed by atoms with van der Waals surface area (Å²) in [6.07, 6.45) is 1.53. The molecule has 66 valence electrons. The Morgan fingerprint density at radius 3 is 2.85 bits per heavy atom. The minimum absolute atomic E-state index is 0.547. The maximum Gasteiger partial charge on any atom is 0.147 e. The van der Waals surface area contributed by atoms with Crippen molar-refractivity contribution in [2.45, 2.75) is 6.92 Å². The SMILES string of the molecule is Cc1cccc(-n2nncc2N)c1. The minimum atomic E-state index is 0.547. The zero-order valence-electron chi connectivity index (χ0n) is 7.31. The Morgan fingerprint density at radius 1 is 1.38 bits per heavy atom. The van der Waals surface area contributed by atoms with E-state index in [1.807, 2.05) is 31.2 Å². The van der Waals surface area contributed by atoms with Crippen molar-refractivity contribution in [3.8, 4) is 5.69 Å². The molecule has 0 amide bonds. The molecule has 1 aromatic carbocycles. The average molecular weight is 174 g/mol. The van der Waals surface area contributed by atoms with Crippen LogP contribution in [0.2, 0.25) is 0 Å². The quantitative estimate of drug-likeness (QED) is 0.705. The molecule has 2 rings (SSSR count). The van der Waals surface area contributed by atoms with Crippen LogP contribution in [-0.2, 0) is 0 Å². The van der Waals surface area contributed by atoms with Gasteiger partial charge in [0, 0.05) is 0 Å². The molecular formula is C9H10N4. The van der Waals surface area contributed by atoms with Crippen LogP contribution in [0.15, 0.2) is 30.5 Å². The monoisotopic (exact) mass is 174 g/mol. The molecule has 13 heavy (non-hydrogen) atoms. The molecule has 2 N–H and O–H groups in total. The third kappa shape index (κ3) is 1.38. The van der Waals surface area contributed by atoms with Crippen LogP contribution < -0.4 is 5.73 Å². The number of aromatic nitrogens is 3. The Morgan fingerprint density at radius 2 is 2.23 bits per heavy atom. The lowest BCUT2D eigenvalue weighted by Crippen LogP contribution is -2.01. The molecule has 2 aromatic rings. The summed E-state index contributed by atoms with van der Waals surface area (Å²) in [5, 5.41) is 7.58. The second-order valence-electron chi connectivity index (χ2n) is 2.91. The Labute approximate surface area is 76.0 Å². The summed E-state index contributed by atoms with van der Waals surface area (Å²) in [5.41, 5.74) is 7.77. The van der Waals surface area contributed by atoms with Gasteiger partial charge in [-0.2, -0.15) is 4.68 Å². The lowest BCUT2D eigenvalue weighted by molar-refractivity contribution is 0.809. The summed E-state index contributed by atoms with van der Waals surface area (Å²) in [6, 6.07) is 7.94. The van der Waals surface area contributed by atoms with Gasteiger partial charge in [0.25, 0.3) is 0 Å². The van der Waals surface area contributed by atoms with E-state index in [0.29, 0.717) is 5.82 Å². The van der Waals surface area contributed by atoms with E-state index >= 15 is 0 Å². The molecule has 0 radical (unpaired) electrons. The highest BCUT2D eigenvalue weighted by Gasteiger charge is 2.01. The minimum Gasteiger partial charge on any atom is -0.382 e. The van der Waals surface area contributed by atoms with Crippen LogP contribution in [-0.4, -0.2) is 15.0 Å². The van der Waals surface area contributed by atoms with E-state index in [9.17, 15) is 0 Å². The van der Waals surface area contributed by atoms with E-state index in [4.69, 9.17) is 5.73 Å². The van der Waals surface area contributed by atoms with Crippen LogP contribution in [0, 0.1) is 6.92 Å². The van der Waals surface area contributed by atoms with Crippen molar-refractivity contribution in [3.05, 3.63) is 36.0 Å². The Kier molecular flexibility index (Phi) is 1.73. The second kappa shape index (κ2) is 2.90. The standard InChI is InChI=1S/C9H10N4/c1-7-3-2-4-8(5-7)13-9(10)6-11-12-13/h2-6H,10H2,1H3. The van der Waals surface area contributed by atoms with Gasteiger partial charge in [-0.05, 0) is 24.6 Å². The lowest BCUT2D eigenvalue weighted by atomic mass is 10.2. The van der Waals surface area contributed by atoms with Crippen molar-refractivity contribution < 1.29 is 0 Å². The molecule has 4 nitrogen and oxygen atoms in total. The maximum absolute atomic E-state index is 5.66. The third-order valence-electron chi connectivity index (χ3n) is 1.82. The molecule has 0 aliphatic carbocycles. The first-order chi connectivity index (χ1) is 6.27. The van der Waals surface area contributed by atoms with Crippen molar-refractivity contribution in [2.75, 3.05) is 5.73 Å². The van der Waals surface area contributed by atoms with Gasteiger partial charge in [-0.25, -0.2) is 0 Å². The highest BCUT2D eigenvalue weighted by atomic mass is 15.4. The van der Waals surface area contributed by atoms with E-state index in [1.54, 1.807) is 4.68 Å². The molecule has 0 atom stereocenters. The number of hydrogen-bond acceptors (Lipinski definition) is 3. The summed E-state index contributed by atoms with van der Waals surface area (Å²) in [4.78, 5) is 0. The van der Waals surface area contributed by atoms with Gasteiger partial charge in [-0.1, -0.05) is 17.3 Å². The normalized spacial score (nSPS) is 10.2. The molecule has 0 unspecified atom stereocenters. The number of nitrogen functional groups attached to an aromatic ring is 1. The number of nitrogens with two attached hydrogens (primary N) is 1. The number of anilines is 1. The predicted octanol–water partition coefficient (Wildman–Crippen LogP) is 1.16. The van der Waals surface area contributed by atoms with Gasteiger partial charge in [-0.15, -0.1) is 5.10 Å². The number of nitrogens with zero attached hydrogens (tertiary/aromatic N) is 3. The number of hydrogen-bond donors (Lipinski definition) is 1. The van der Waals surface area contributed by atoms with Gasteiger partial charge in [0.05, 0.1) is 11.9 Å². The molecule has 0 saturated carbocycles. The predicted molar refractivity (Wildman–Crippen MR) is 50.5 cm³/mol. The van der Waals surface area contributed by atoms with E-state index in [0.717, 1.165) is 5.69 Å². The van der Waals surface area contributed by atoms with Crippen molar-refractivity contribution >= 4 is 5.82 Å². The zero-order chi connectivity index (χ0) is 9.26. The van der Waals surface area contributed by atoms with Crippen LogP contribution in [0.25, 0.3) is 5.69 Å². The lowest BCUT2D eigenvalue weighted by Gasteiger charge is -2.02. The largest absolute Gasteiger partial charge is 0.382 e. The molecule has 0 spiro atoms. The summed E-state index contributed by atoms with van der Waals surface area (Å²) >= 11 is 0. The third-order valence-corrected chi connectivity index (χ3v) is 1.82. The van der Waals surface area contributed by atoms with Crippen LogP contribution in [0.5, 0.6) is 0 Å². The molecule has 0 saturated heterocycles. The number of benzene rings is 1. The highest BCUT2D eigenvalue weighted by Crippen LogP contribution is 2.11. The topological polar surface area (TPSA) is 56.7 Å². The fourth-order valence-corrected chi connectivity index (χ4v) is 1.20. The zero-order valence-corrected chi connectivity index (χ0v) is 7.31. The molecule has 1 heterocycles. The summed E-state index contributed by atoms with van der Waals surface area (Å²) in [6.45, 7) is 2.02. The average Bonchev–Trinajstić information content (AvgIpc) is 2.51. The van der Waals surface area contributed by atoms with Gasteiger partial charge in [0.1, 0.15) is 5.82 Å². The van der Waals surface area contributed by atoms with Gasteiger partial charge < -0.3 is 5.73 Å². The van der Waals surface area contributed by atoms with Crippen LogP contribution in [0.3, 0.4) is 0 Å². The van der Waals surface area contributed by atoms with Crippen molar-refractivity contribution in [3.63, 3.8) is 0 Å². The van der Waals surface area contributed by atoms with Crippen LogP contribution >= 0.6 is 0 Å². The van der Waals surface area contributed by atoms with Gasteiger partial charge in [-0.3, -0.25) is 0 Å². The fraction of sp³-hybridized carbons (Fsp3) is 0.111. The smallest absolute Gasteiger partial charge is 0.147 e. The highest BCUT2D eigenvalue weighted by molar-refractivity contribution is 5.41. The molecule has 1 aromatic heterocycles. The first-order valence-corrected chi connectivity index (χ1v) is 4.00. The maximum atomic E-state index is 5.66. The van der Waals surface area contributed by atoms with Gasteiger partial charge >= 0.3 is 0 Å².